The van der Waals surface area contributed by atoms with E-state index < -0.39 is 0 Å². The summed E-state index contributed by atoms with van der Waals surface area (Å²) in [6.07, 6.45) is 16.2. The van der Waals surface area contributed by atoms with Gasteiger partial charge < -0.3 is 4.90 Å². The Balaban J connectivity index is 1.02. The number of fused-ring (bicyclic) bond motifs is 5. The average molecular weight is 806 g/mol. The third-order valence-electron chi connectivity index (χ3n) is 13.2. The smallest absolute Gasteiger partial charge is 0.0890 e. The molecule has 0 radical (unpaired) electrons. The van der Waals surface area contributed by atoms with Gasteiger partial charge in [-0.2, -0.15) is 0 Å². The van der Waals surface area contributed by atoms with Crippen LogP contribution in [0.15, 0.2) is 218 Å². The normalized spacial score (nSPS) is 15.0. The van der Waals surface area contributed by atoms with E-state index in [4.69, 9.17) is 4.98 Å². The van der Waals surface area contributed by atoms with Gasteiger partial charge in [-0.05, 0) is 145 Å². The van der Waals surface area contributed by atoms with Gasteiger partial charge in [-0.15, -0.1) is 0 Å². The Morgan fingerprint density at radius 2 is 1.11 bits per heavy atom. The van der Waals surface area contributed by atoms with Crippen molar-refractivity contribution in [3.05, 3.63) is 241 Å². The molecule has 7 aromatic carbocycles. The molecule has 0 N–H and O–H groups in total. The number of nitrogens with zero attached hydrogens (tertiary/aromatic N) is 3. The van der Waals surface area contributed by atoms with Crippen LogP contribution in [0.25, 0.3) is 78.3 Å². The van der Waals surface area contributed by atoms with E-state index in [1.54, 1.807) is 0 Å². The number of rotatable bonds is 7. The molecule has 3 aliphatic rings. The Bertz CT molecular complexity index is 3260. The number of anilines is 2. The van der Waals surface area contributed by atoms with Gasteiger partial charge in [0.1, 0.15) is 0 Å². The molecular formula is C60H43N3. The second-order valence-electron chi connectivity index (χ2n) is 16.8. The first kappa shape index (κ1) is 36.9. The molecule has 2 aromatic heterocycles. The minimum atomic E-state index is 0.165. The van der Waals surface area contributed by atoms with Crippen LogP contribution in [0.4, 0.5) is 11.4 Å². The van der Waals surface area contributed by atoms with Gasteiger partial charge in [0.2, 0.25) is 0 Å². The molecule has 2 aliphatic carbocycles. The Labute approximate surface area is 368 Å². The van der Waals surface area contributed by atoms with Crippen molar-refractivity contribution in [3.8, 4) is 55.9 Å². The van der Waals surface area contributed by atoms with Gasteiger partial charge >= 0.3 is 0 Å². The summed E-state index contributed by atoms with van der Waals surface area (Å²) in [7, 11) is 0. The first-order valence-electron chi connectivity index (χ1n) is 22.0. The standard InChI is InChI=1S/C60H43N3/c1-4-14-40(15-5-1)42-23-27-44(28-24-42)59-49-20-10-11-21-50(49)60(45-29-25-43(26-30-45)41-16-6-2-7-17-41)54-37-46(31-33-51(54)59)47-32-34-57-52(36-47)53-38-56(55-22-12-13-35-61-55)62-39-58(53)63(57)48-18-8-3-9-19-48/h1-10,12-20,22-35,37-39,52H,11,21,36H2. The maximum absolute atomic E-state index is 4.96. The molecule has 0 amide bonds. The monoisotopic (exact) mass is 805 g/mol. The molecule has 0 spiro atoms. The number of hydrogen-bond donors (Lipinski definition) is 0. The van der Waals surface area contributed by atoms with Crippen molar-refractivity contribution < 1.29 is 0 Å². The summed E-state index contributed by atoms with van der Waals surface area (Å²) < 4.78 is 0. The zero-order valence-electron chi connectivity index (χ0n) is 34.8. The van der Waals surface area contributed by atoms with Crippen LogP contribution in [0.2, 0.25) is 0 Å². The van der Waals surface area contributed by atoms with Gasteiger partial charge in [0, 0.05) is 23.5 Å². The molecule has 0 saturated carbocycles. The first-order chi connectivity index (χ1) is 31.2. The fraction of sp³-hybridized carbons (Fsp3) is 0.0667. The second kappa shape index (κ2) is 15.5. The van der Waals surface area contributed by atoms with Crippen molar-refractivity contribution >= 4 is 33.8 Å². The van der Waals surface area contributed by atoms with E-state index in [1.807, 2.05) is 30.6 Å². The van der Waals surface area contributed by atoms with E-state index in [1.165, 1.54) is 88.8 Å². The van der Waals surface area contributed by atoms with E-state index in [9.17, 15) is 0 Å². The van der Waals surface area contributed by atoms with Gasteiger partial charge in [0.15, 0.2) is 0 Å². The summed E-state index contributed by atoms with van der Waals surface area (Å²) in [6.45, 7) is 0. The van der Waals surface area contributed by atoms with Gasteiger partial charge in [-0.25, -0.2) is 0 Å². The Morgan fingerprint density at radius 1 is 0.492 bits per heavy atom. The number of benzene rings is 7. The van der Waals surface area contributed by atoms with Crippen LogP contribution in [0.3, 0.4) is 0 Å². The molecule has 3 heteroatoms. The van der Waals surface area contributed by atoms with Crippen LogP contribution in [-0.4, -0.2) is 9.97 Å². The van der Waals surface area contributed by atoms with Crippen molar-refractivity contribution in [3.63, 3.8) is 0 Å². The van der Waals surface area contributed by atoms with Crippen molar-refractivity contribution in [1.29, 1.82) is 0 Å². The number of hydrogen-bond acceptors (Lipinski definition) is 3. The van der Waals surface area contributed by atoms with Crippen molar-refractivity contribution in [2.24, 2.45) is 0 Å². The maximum Gasteiger partial charge on any atom is 0.0890 e. The third kappa shape index (κ3) is 6.52. The molecule has 1 aliphatic heterocycles. The van der Waals surface area contributed by atoms with Gasteiger partial charge in [-0.3, -0.25) is 9.97 Å². The molecule has 0 bridgehead atoms. The Hall–Kier alpha value is -7.88. The number of allylic oxidation sites excluding steroid dienone is 5. The lowest BCUT2D eigenvalue weighted by molar-refractivity contribution is 0.832. The lowest BCUT2D eigenvalue weighted by Crippen LogP contribution is -2.15. The fourth-order valence-corrected chi connectivity index (χ4v) is 10.2. The largest absolute Gasteiger partial charge is 0.312 e. The van der Waals surface area contributed by atoms with Crippen molar-refractivity contribution in [2.75, 3.05) is 4.90 Å². The minimum Gasteiger partial charge on any atom is -0.312 e. The number of para-hydroxylation sites is 1. The topological polar surface area (TPSA) is 29.0 Å². The molecule has 0 saturated heterocycles. The van der Waals surface area contributed by atoms with E-state index in [-0.39, 0.29) is 5.92 Å². The number of aromatic nitrogens is 2. The second-order valence-corrected chi connectivity index (χ2v) is 16.8. The Kier molecular flexibility index (Phi) is 9.11. The van der Waals surface area contributed by atoms with Crippen LogP contribution in [0.1, 0.15) is 41.0 Å². The molecular weight excluding hydrogens is 763 g/mol. The molecule has 12 rings (SSSR count). The van der Waals surface area contributed by atoms with E-state index >= 15 is 0 Å². The number of pyridine rings is 2. The van der Waals surface area contributed by atoms with E-state index in [0.717, 1.165) is 42.0 Å². The molecule has 63 heavy (non-hydrogen) atoms. The molecule has 9 aromatic rings. The SMILES string of the molecule is C1=Cc2c(c(-c3ccc(-c4ccccc4)cc3)c3cc(C4=CC=C5C(C4)c4cc(-c6ccccn6)ncc4N5c4ccccc4)ccc3c2-c2ccc(-c3ccccc3)cc2)CC1. The highest BCUT2D eigenvalue weighted by Gasteiger charge is 2.37. The van der Waals surface area contributed by atoms with Gasteiger partial charge in [0.05, 0.1) is 23.3 Å². The van der Waals surface area contributed by atoms with Crippen molar-refractivity contribution in [1.82, 2.24) is 9.97 Å². The fourth-order valence-electron chi connectivity index (χ4n) is 10.2. The summed E-state index contributed by atoms with van der Waals surface area (Å²) in [5.41, 5.74) is 22.1. The highest BCUT2D eigenvalue weighted by atomic mass is 15.2. The zero-order valence-corrected chi connectivity index (χ0v) is 34.8. The molecule has 1 atom stereocenters. The van der Waals surface area contributed by atoms with Crippen LogP contribution >= 0.6 is 0 Å². The highest BCUT2D eigenvalue weighted by Crippen LogP contribution is 2.54. The molecule has 3 nitrogen and oxygen atoms in total. The Morgan fingerprint density at radius 3 is 1.79 bits per heavy atom. The predicted molar refractivity (Wildman–Crippen MR) is 263 cm³/mol. The van der Waals surface area contributed by atoms with Gasteiger partial charge in [0.25, 0.3) is 0 Å². The van der Waals surface area contributed by atoms with E-state index in [0.29, 0.717) is 0 Å². The molecule has 3 heterocycles. The molecule has 298 valence electrons. The lowest BCUT2D eigenvalue weighted by Gasteiger charge is -2.27. The van der Waals surface area contributed by atoms with Gasteiger partial charge in [-0.1, -0.05) is 164 Å². The average Bonchev–Trinajstić information content (AvgIpc) is 3.69. The van der Waals surface area contributed by atoms with Crippen LogP contribution in [0, 0.1) is 0 Å². The van der Waals surface area contributed by atoms with Crippen LogP contribution in [0.5, 0.6) is 0 Å². The quantitative estimate of drug-likeness (QED) is 0.161. The molecule has 0 fully saturated rings. The molecule has 1 unspecified atom stereocenters. The highest BCUT2D eigenvalue weighted by molar-refractivity contribution is 6.11. The lowest BCUT2D eigenvalue weighted by atomic mass is 9.78. The van der Waals surface area contributed by atoms with Crippen LogP contribution in [-0.2, 0) is 6.42 Å². The predicted octanol–water partition coefficient (Wildman–Crippen LogP) is 15.5. The summed E-state index contributed by atoms with van der Waals surface area (Å²) >= 11 is 0. The third-order valence-corrected chi connectivity index (χ3v) is 13.2. The van der Waals surface area contributed by atoms with Crippen molar-refractivity contribution in [2.45, 2.75) is 25.2 Å². The summed E-state index contributed by atoms with van der Waals surface area (Å²) in [5.74, 6) is 0.165. The zero-order chi connectivity index (χ0) is 41.7. The first-order valence-corrected chi connectivity index (χ1v) is 22.0. The maximum atomic E-state index is 4.96. The minimum absolute atomic E-state index is 0.165. The van der Waals surface area contributed by atoms with Crippen LogP contribution < -0.4 is 4.90 Å². The van der Waals surface area contributed by atoms with E-state index in [2.05, 4.69) is 198 Å². The summed E-state index contributed by atoms with van der Waals surface area (Å²) in [6, 6.07) is 66.1. The summed E-state index contributed by atoms with van der Waals surface area (Å²) in [5, 5.41) is 2.57. The summed E-state index contributed by atoms with van der Waals surface area (Å²) in [4.78, 5) is 12.0.